The number of carbonyl (C=O) groups excluding carboxylic acids is 1. The van der Waals surface area contributed by atoms with Crippen molar-refractivity contribution in [2.75, 3.05) is 13.1 Å². The average molecular weight is 417 g/mol. The molecule has 0 amide bonds. The SMILES string of the molecule is O.O.[Cl][Pt][Cl].[NH-]CC(=O)CCCN. The van der Waals surface area contributed by atoms with Gasteiger partial charge in [-0.3, -0.25) is 0 Å². The van der Waals surface area contributed by atoms with Crippen LogP contribution in [-0.2, 0) is 21.3 Å². The third-order valence-electron chi connectivity index (χ3n) is 0.857. The summed E-state index contributed by atoms with van der Waals surface area (Å²) in [6, 6.07) is 0. The molecular weight excluding hydrogens is 402 g/mol. The summed E-state index contributed by atoms with van der Waals surface area (Å²) in [7, 11) is 9.75. The molecule has 0 aromatic heterocycles. The largest absolute Gasteiger partial charge is 0.671 e. The van der Waals surface area contributed by atoms with Crippen LogP contribution >= 0.6 is 18.8 Å². The van der Waals surface area contributed by atoms with Crippen molar-refractivity contribution >= 4 is 24.6 Å². The first-order valence-corrected chi connectivity index (χ1v) is 8.54. The number of rotatable bonds is 4. The van der Waals surface area contributed by atoms with Gasteiger partial charge in [0, 0.05) is 6.42 Å². The Balaban J connectivity index is -0.0000000720. The zero-order valence-corrected chi connectivity index (χ0v) is 10.7. The van der Waals surface area contributed by atoms with Crippen molar-refractivity contribution in [1.29, 1.82) is 0 Å². The van der Waals surface area contributed by atoms with Crippen LogP contribution in [0.25, 0.3) is 5.73 Å². The number of nitrogens with one attached hydrogen (secondary N) is 1. The molecule has 0 aliphatic carbocycles. The van der Waals surface area contributed by atoms with Gasteiger partial charge in [0.25, 0.3) is 0 Å². The molecule has 8 heteroatoms. The van der Waals surface area contributed by atoms with Gasteiger partial charge in [-0.15, -0.1) is 0 Å². The van der Waals surface area contributed by atoms with Gasteiger partial charge in [-0.25, -0.2) is 0 Å². The van der Waals surface area contributed by atoms with Crippen molar-refractivity contribution in [3.05, 3.63) is 5.73 Å². The van der Waals surface area contributed by atoms with E-state index in [1.807, 2.05) is 0 Å². The Morgan fingerprint density at radius 1 is 1.38 bits per heavy atom. The van der Waals surface area contributed by atoms with Gasteiger partial charge in [-0.1, -0.05) is 6.54 Å². The monoisotopic (exact) mass is 416 g/mol. The Morgan fingerprint density at radius 3 is 2.00 bits per heavy atom. The number of ketones is 1. The van der Waals surface area contributed by atoms with Crippen molar-refractivity contribution in [2.24, 2.45) is 5.73 Å². The fourth-order valence-electron chi connectivity index (χ4n) is 0.388. The van der Waals surface area contributed by atoms with Gasteiger partial charge < -0.3 is 27.2 Å². The number of hydrogen-bond acceptors (Lipinski definition) is 2. The summed E-state index contributed by atoms with van der Waals surface area (Å²) >= 11 is -0.472. The molecule has 0 rings (SSSR count). The molecule has 0 aromatic rings. The molecule has 0 bridgehead atoms. The molecule has 0 aromatic carbocycles. The molecule has 0 heterocycles. The van der Waals surface area contributed by atoms with Gasteiger partial charge in [0.15, 0.2) is 0 Å². The van der Waals surface area contributed by atoms with E-state index in [1.165, 1.54) is 0 Å². The van der Waals surface area contributed by atoms with Crippen LogP contribution in [-0.4, -0.2) is 29.8 Å². The van der Waals surface area contributed by atoms with Gasteiger partial charge in [-0.05, 0) is 13.0 Å². The van der Waals surface area contributed by atoms with Crippen LogP contribution < -0.4 is 5.73 Å². The minimum absolute atomic E-state index is 0. The Bertz CT molecular complexity index is 99.8. The van der Waals surface area contributed by atoms with Gasteiger partial charge in [0.2, 0.25) is 0 Å². The van der Waals surface area contributed by atoms with Gasteiger partial charge in [0.1, 0.15) is 5.78 Å². The van der Waals surface area contributed by atoms with E-state index in [4.69, 9.17) is 30.3 Å². The second-order valence-electron chi connectivity index (χ2n) is 1.65. The molecule has 0 aliphatic heterocycles. The smallest absolute Gasteiger partial charge is 0.112 e. The molecule has 7 N–H and O–H groups in total. The number of carbonyl (C=O) groups is 1. The van der Waals surface area contributed by atoms with Crippen LogP contribution in [0.1, 0.15) is 12.8 Å². The maximum Gasteiger partial charge on any atom is 0.112 e. The third kappa shape index (κ3) is 32.3. The second-order valence-corrected chi connectivity index (χ2v) is 4.94. The first-order valence-electron chi connectivity index (χ1n) is 2.91. The molecule has 5 nitrogen and oxygen atoms in total. The number of nitrogens with two attached hydrogens (primary N) is 1. The number of hydrogen-bond donors (Lipinski definition) is 1. The molecule has 0 atom stereocenters. The van der Waals surface area contributed by atoms with E-state index in [0.29, 0.717) is 13.0 Å². The minimum atomic E-state index is -0.472. The summed E-state index contributed by atoms with van der Waals surface area (Å²) in [5.74, 6) is -0.0181. The zero-order valence-electron chi connectivity index (χ0n) is 6.89. The van der Waals surface area contributed by atoms with E-state index >= 15 is 0 Å². The van der Waals surface area contributed by atoms with Gasteiger partial charge in [0.05, 0.1) is 0 Å². The predicted molar refractivity (Wildman–Crippen MR) is 51.4 cm³/mol. The van der Waals surface area contributed by atoms with E-state index in [9.17, 15) is 4.79 Å². The topological polar surface area (TPSA) is 130 Å². The molecule has 0 spiro atoms. The maximum atomic E-state index is 10.3. The molecule has 0 aliphatic rings. The quantitative estimate of drug-likeness (QED) is 0.695. The molecule has 0 fully saturated rings. The third-order valence-corrected chi connectivity index (χ3v) is 0.857. The Morgan fingerprint density at radius 2 is 1.77 bits per heavy atom. The molecule has 0 saturated heterocycles. The van der Waals surface area contributed by atoms with Crippen LogP contribution in [0.2, 0.25) is 0 Å². The summed E-state index contributed by atoms with van der Waals surface area (Å²) in [6.45, 7) is 0.450. The first kappa shape index (κ1) is 23.5. The van der Waals surface area contributed by atoms with E-state index in [0.717, 1.165) is 6.42 Å². The van der Waals surface area contributed by atoms with E-state index in [-0.39, 0.29) is 23.3 Å². The Labute approximate surface area is 94.1 Å². The van der Waals surface area contributed by atoms with Gasteiger partial charge >= 0.3 is 35.3 Å². The fourth-order valence-corrected chi connectivity index (χ4v) is 0.388. The summed E-state index contributed by atoms with van der Waals surface area (Å²) in [6.07, 6.45) is 1.19. The van der Waals surface area contributed by atoms with Gasteiger partial charge in [-0.2, -0.15) is 0 Å². The second kappa shape index (κ2) is 23.0. The van der Waals surface area contributed by atoms with Crippen LogP contribution in [0.4, 0.5) is 0 Å². The molecule has 0 saturated carbocycles. The fraction of sp³-hybridized carbons (Fsp3) is 0.800. The standard InChI is InChI=1S/C5H11N2O.2ClH.2H2O.Pt/c6-3-1-2-5(8)4-7;;;;;/h7H,1-4,6H2;2*1H;2*1H2;/q-1;;;;;+2/p-2. The van der Waals surface area contributed by atoms with Crippen molar-refractivity contribution in [3.63, 3.8) is 0 Å². The molecule has 0 unspecified atom stereocenters. The van der Waals surface area contributed by atoms with E-state index < -0.39 is 16.5 Å². The van der Waals surface area contributed by atoms with E-state index in [1.54, 1.807) is 0 Å². The zero-order chi connectivity index (χ0) is 9.11. The van der Waals surface area contributed by atoms with Crippen molar-refractivity contribution in [1.82, 2.24) is 0 Å². The molecule has 88 valence electrons. The number of halogens is 2. The predicted octanol–water partition coefficient (Wildman–Crippen LogP) is 0.0737. The Hall–Kier alpha value is 0.778. The number of Topliss-reactive ketones (excluding diaryl/α,β-unsaturated/α-hetero) is 1. The molecule has 13 heavy (non-hydrogen) atoms. The normalized spacial score (nSPS) is 7.38. The van der Waals surface area contributed by atoms with Crippen molar-refractivity contribution in [3.8, 4) is 0 Å². The van der Waals surface area contributed by atoms with Crippen LogP contribution in [0.5, 0.6) is 0 Å². The maximum absolute atomic E-state index is 10.3. The summed E-state index contributed by atoms with van der Waals surface area (Å²) < 4.78 is 0. The summed E-state index contributed by atoms with van der Waals surface area (Å²) in [4.78, 5) is 10.3. The average Bonchev–Trinajstić information content (AvgIpc) is 2.02. The first-order chi connectivity index (χ1) is 5.22. The summed E-state index contributed by atoms with van der Waals surface area (Å²) in [5, 5.41) is 0. The van der Waals surface area contributed by atoms with Crippen LogP contribution in [0.15, 0.2) is 0 Å². The molecular formula is C5H15Cl2N2O3Pt-. The van der Waals surface area contributed by atoms with Crippen LogP contribution in [0, 0.1) is 0 Å². The Kier molecular flexibility index (Phi) is 41.6. The minimum Gasteiger partial charge on any atom is -0.671 e. The van der Waals surface area contributed by atoms with Crippen molar-refractivity contribution < 1.29 is 32.2 Å². The van der Waals surface area contributed by atoms with Crippen molar-refractivity contribution in [2.45, 2.75) is 12.8 Å². The van der Waals surface area contributed by atoms with Crippen LogP contribution in [0.3, 0.4) is 0 Å². The van der Waals surface area contributed by atoms with E-state index in [2.05, 4.69) is 0 Å². The molecule has 0 radical (unpaired) electrons. The summed E-state index contributed by atoms with van der Waals surface area (Å²) in [5.41, 5.74) is 11.7.